The fourth-order valence-electron chi connectivity index (χ4n) is 2.66. The molecule has 0 aromatic heterocycles. The molecular formula is C15H29NO2. The molecule has 3 heteroatoms. The monoisotopic (exact) mass is 255 g/mol. The van der Waals surface area contributed by atoms with E-state index in [1.807, 2.05) is 0 Å². The molecule has 0 aliphatic carbocycles. The van der Waals surface area contributed by atoms with Gasteiger partial charge >= 0.3 is 0 Å². The lowest BCUT2D eigenvalue weighted by atomic mass is 9.95. The first-order valence-electron chi connectivity index (χ1n) is 7.51. The number of nitrogens with zero attached hydrogens (tertiary/aromatic N) is 1. The smallest absolute Gasteiger partial charge is 0.157 e. The second-order valence-electron chi connectivity index (χ2n) is 6.88. The second-order valence-corrected chi connectivity index (χ2v) is 6.88. The van der Waals surface area contributed by atoms with Crippen molar-refractivity contribution in [2.75, 3.05) is 32.8 Å². The van der Waals surface area contributed by atoms with Gasteiger partial charge < -0.3 is 14.4 Å². The molecule has 2 aliphatic rings. The normalized spacial score (nSPS) is 27.5. The molecule has 106 valence electrons. The zero-order valence-electron chi connectivity index (χ0n) is 12.3. The van der Waals surface area contributed by atoms with Crippen LogP contribution in [0, 0.1) is 11.3 Å². The van der Waals surface area contributed by atoms with Crippen molar-refractivity contribution < 1.29 is 9.47 Å². The van der Waals surface area contributed by atoms with Crippen LogP contribution in [0.3, 0.4) is 0 Å². The van der Waals surface area contributed by atoms with E-state index < -0.39 is 0 Å². The fraction of sp³-hybridized carbons (Fsp3) is 1.00. The predicted octanol–water partition coefficient (Wildman–Crippen LogP) is 2.90. The minimum atomic E-state index is 0.0433. The highest BCUT2D eigenvalue weighted by Crippen LogP contribution is 2.25. The van der Waals surface area contributed by atoms with E-state index in [4.69, 9.17) is 9.47 Å². The van der Waals surface area contributed by atoms with Crippen LogP contribution < -0.4 is 0 Å². The Labute approximate surface area is 112 Å². The van der Waals surface area contributed by atoms with Gasteiger partial charge in [-0.15, -0.1) is 0 Å². The predicted molar refractivity (Wildman–Crippen MR) is 73.5 cm³/mol. The molecule has 0 amide bonds. The first kappa shape index (κ1) is 14.3. The molecule has 2 aliphatic heterocycles. The lowest BCUT2D eigenvalue weighted by Crippen LogP contribution is -2.38. The molecule has 0 saturated carbocycles. The maximum absolute atomic E-state index is 5.76. The maximum atomic E-state index is 5.76. The highest BCUT2D eigenvalue weighted by molar-refractivity contribution is 4.72. The van der Waals surface area contributed by atoms with Crippen molar-refractivity contribution in [1.29, 1.82) is 0 Å². The summed E-state index contributed by atoms with van der Waals surface area (Å²) in [6.45, 7) is 12.2. The van der Waals surface area contributed by atoms with Crippen LogP contribution in [0.25, 0.3) is 0 Å². The van der Waals surface area contributed by atoms with Crippen LogP contribution in [-0.2, 0) is 9.47 Å². The maximum Gasteiger partial charge on any atom is 0.157 e. The SMILES string of the molecule is CC1CCN(CCCC2OCC(C)(C)CO2)CC1. The Balaban J connectivity index is 1.56. The quantitative estimate of drug-likeness (QED) is 0.771. The number of hydrogen-bond donors (Lipinski definition) is 0. The van der Waals surface area contributed by atoms with Gasteiger partial charge in [0.2, 0.25) is 0 Å². The van der Waals surface area contributed by atoms with Crippen molar-refractivity contribution in [1.82, 2.24) is 4.90 Å². The summed E-state index contributed by atoms with van der Waals surface area (Å²) in [5.41, 5.74) is 0.194. The second kappa shape index (κ2) is 6.36. The van der Waals surface area contributed by atoms with E-state index in [0.29, 0.717) is 0 Å². The number of rotatable bonds is 4. The Morgan fingerprint density at radius 3 is 2.33 bits per heavy atom. The molecule has 0 spiro atoms. The molecule has 0 unspecified atom stereocenters. The molecule has 2 rings (SSSR count). The first-order valence-corrected chi connectivity index (χ1v) is 7.51. The van der Waals surface area contributed by atoms with Crippen molar-refractivity contribution in [2.24, 2.45) is 11.3 Å². The van der Waals surface area contributed by atoms with Crippen LogP contribution >= 0.6 is 0 Å². The summed E-state index contributed by atoms with van der Waals surface area (Å²) >= 11 is 0. The van der Waals surface area contributed by atoms with Crippen LogP contribution in [0.5, 0.6) is 0 Å². The highest BCUT2D eigenvalue weighted by Gasteiger charge is 2.28. The molecule has 2 heterocycles. The summed E-state index contributed by atoms with van der Waals surface area (Å²) in [5.74, 6) is 0.925. The zero-order valence-corrected chi connectivity index (χ0v) is 12.3. The molecular weight excluding hydrogens is 226 g/mol. The molecule has 3 nitrogen and oxygen atoms in total. The third-order valence-corrected chi connectivity index (χ3v) is 4.11. The molecule has 0 radical (unpaired) electrons. The fourth-order valence-corrected chi connectivity index (χ4v) is 2.66. The topological polar surface area (TPSA) is 21.7 Å². The average molecular weight is 255 g/mol. The summed E-state index contributed by atoms with van der Waals surface area (Å²) in [6.07, 6.45) is 5.01. The third-order valence-electron chi connectivity index (χ3n) is 4.11. The Hall–Kier alpha value is -0.120. The Bertz CT molecular complexity index is 237. The van der Waals surface area contributed by atoms with E-state index in [1.54, 1.807) is 0 Å². The number of piperidine rings is 1. The summed E-state index contributed by atoms with van der Waals surface area (Å²) in [6, 6.07) is 0. The van der Waals surface area contributed by atoms with Crippen molar-refractivity contribution in [2.45, 2.75) is 52.7 Å². The largest absolute Gasteiger partial charge is 0.352 e. The highest BCUT2D eigenvalue weighted by atomic mass is 16.7. The molecule has 2 saturated heterocycles. The standard InChI is InChI=1S/C15H29NO2/c1-13-6-9-16(10-7-13)8-4-5-14-17-11-15(2,3)12-18-14/h13-14H,4-12H2,1-3H3. The summed E-state index contributed by atoms with van der Waals surface area (Å²) in [5, 5.41) is 0. The summed E-state index contributed by atoms with van der Waals surface area (Å²) in [4.78, 5) is 2.59. The van der Waals surface area contributed by atoms with Crippen molar-refractivity contribution in [3.63, 3.8) is 0 Å². The molecule has 0 bridgehead atoms. The lowest BCUT2D eigenvalue weighted by Gasteiger charge is -2.35. The van der Waals surface area contributed by atoms with Gasteiger partial charge in [-0.25, -0.2) is 0 Å². The van der Waals surface area contributed by atoms with E-state index in [1.165, 1.54) is 38.9 Å². The molecule has 0 aromatic rings. The van der Waals surface area contributed by atoms with E-state index in [-0.39, 0.29) is 11.7 Å². The van der Waals surface area contributed by atoms with Gasteiger partial charge in [-0.1, -0.05) is 20.8 Å². The Kier molecular flexibility index (Phi) is 5.05. The first-order chi connectivity index (χ1) is 8.55. The van der Waals surface area contributed by atoms with Gasteiger partial charge in [0.05, 0.1) is 13.2 Å². The zero-order chi connectivity index (χ0) is 13.0. The van der Waals surface area contributed by atoms with Crippen LogP contribution in [0.15, 0.2) is 0 Å². The van der Waals surface area contributed by atoms with E-state index >= 15 is 0 Å². The third kappa shape index (κ3) is 4.52. The number of ether oxygens (including phenoxy) is 2. The van der Waals surface area contributed by atoms with Gasteiger partial charge in [-0.2, -0.15) is 0 Å². The van der Waals surface area contributed by atoms with Crippen molar-refractivity contribution in [3.8, 4) is 0 Å². The van der Waals surface area contributed by atoms with Crippen LogP contribution in [0.2, 0.25) is 0 Å². The minimum absolute atomic E-state index is 0.0433. The average Bonchev–Trinajstić information content (AvgIpc) is 2.34. The molecule has 0 N–H and O–H groups in total. The molecule has 0 atom stereocenters. The van der Waals surface area contributed by atoms with E-state index in [9.17, 15) is 0 Å². The Morgan fingerprint density at radius 1 is 1.11 bits per heavy atom. The van der Waals surface area contributed by atoms with Crippen LogP contribution in [0.4, 0.5) is 0 Å². The van der Waals surface area contributed by atoms with Gasteiger partial charge in [0, 0.05) is 5.41 Å². The van der Waals surface area contributed by atoms with Gasteiger partial charge in [0.15, 0.2) is 6.29 Å². The number of hydrogen-bond acceptors (Lipinski definition) is 3. The van der Waals surface area contributed by atoms with Gasteiger partial charge in [-0.3, -0.25) is 0 Å². The van der Waals surface area contributed by atoms with E-state index in [0.717, 1.165) is 25.6 Å². The molecule has 0 aromatic carbocycles. The van der Waals surface area contributed by atoms with Gasteiger partial charge in [0.1, 0.15) is 0 Å². The molecule has 2 fully saturated rings. The van der Waals surface area contributed by atoms with Gasteiger partial charge in [-0.05, 0) is 51.2 Å². The van der Waals surface area contributed by atoms with Crippen molar-refractivity contribution in [3.05, 3.63) is 0 Å². The molecule has 18 heavy (non-hydrogen) atoms. The summed E-state index contributed by atoms with van der Waals surface area (Å²) < 4.78 is 11.5. The van der Waals surface area contributed by atoms with E-state index in [2.05, 4.69) is 25.7 Å². The summed E-state index contributed by atoms with van der Waals surface area (Å²) in [7, 11) is 0. The van der Waals surface area contributed by atoms with Crippen molar-refractivity contribution >= 4 is 0 Å². The van der Waals surface area contributed by atoms with Crippen LogP contribution in [0.1, 0.15) is 46.5 Å². The van der Waals surface area contributed by atoms with Gasteiger partial charge in [0.25, 0.3) is 0 Å². The van der Waals surface area contributed by atoms with Crippen LogP contribution in [-0.4, -0.2) is 44.0 Å². The lowest BCUT2D eigenvalue weighted by molar-refractivity contribution is -0.224. The Morgan fingerprint density at radius 2 is 1.72 bits per heavy atom. The number of likely N-dealkylation sites (tertiary alicyclic amines) is 1. The minimum Gasteiger partial charge on any atom is -0.352 e.